The summed E-state index contributed by atoms with van der Waals surface area (Å²) in [4.78, 5) is 2.44. The summed E-state index contributed by atoms with van der Waals surface area (Å²) in [5.41, 5.74) is 9.72. The molecule has 0 radical (unpaired) electrons. The van der Waals surface area contributed by atoms with Crippen LogP contribution in [0.3, 0.4) is 0 Å². The van der Waals surface area contributed by atoms with Crippen LogP contribution in [0.5, 0.6) is 0 Å². The van der Waals surface area contributed by atoms with Gasteiger partial charge in [0.15, 0.2) is 0 Å². The van der Waals surface area contributed by atoms with E-state index in [-0.39, 0.29) is 10.8 Å². The van der Waals surface area contributed by atoms with Crippen molar-refractivity contribution in [2.75, 3.05) is 4.90 Å². The molecule has 0 amide bonds. The van der Waals surface area contributed by atoms with Gasteiger partial charge in [-0.05, 0) is 49.6 Å². The van der Waals surface area contributed by atoms with Gasteiger partial charge < -0.3 is 10.6 Å². The van der Waals surface area contributed by atoms with E-state index in [1.54, 1.807) is 6.07 Å². The van der Waals surface area contributed by atoms with E-state index in [2.05, 4.69) is 24.0 Å². The van der Waals surface area contributed by atoms with Crippen LogP contribution >= 0.6 is 12.2 Å². The third-order valence-corrected chi connectivity index (χ3v) is 4.23. The lowest BCUT2D eigenvalue weighted by Gasteiger charge is -2.38. The summed E-state index contributed by atoms with van der Waals surface area (Å²) in [6, 6.07) is 13.3. The summed E-state index contributed by atoms with van der Waals surface area (Å²) in [6.07, 6.45) is 2.10. The van der Waals surface area contributed by atoms with Crippen molar-refractivity contribution in [1.82, 2.24) is 0 Å². The summed E-state index contributed by atoms with van der Waals surface area (Å²) in [7, 11) is 0. The highest BCUT2D eigenvalue weighted by Gasteiger charge is 2.26. The van der Waals surface area contributed by atoms with Gasteiger partial charge in [-0.3, -0.25) is 0 Å². The average molecular weight is 300 g/mol. The van der Waals surface area contributed by atoms with Gasteiger partial charge in [-0.1, -0.05) is 30.4 Å². The number of thiocarbonyl (C=S) groups is 1. The molecule has 0 aliphatic carbocycles. The van der Waals surface area contributed by atoms with E-state index in [0.29, 0.717) is 11.6 Å². The van der Waals surface area contributed by atoms with Crippen LogP contribution in [0.25, 0.3) is 0 Å². The maximum atomic E-state index is 13.5. The molecule has 4 heteroatoms. The van der Waals surface area contributed by atoms with E-state index in [1.807, 2.05) is 12.1 Å². The second-order valence-electron chi connectivity index (χ2n) is 5.41. The number of hydrogen-bond acceptors (Lipinski definition) is 2. The van der Waals surface area contributed by atoms with Gasteiger partial charge in [-0.25, -0.2) is 4.39 Å². The highest BCUT2D eigenvalue weighted by atomic mass is 32.1. The number of benzene rings is 2. The Hall–Kier alpha value is -1.94. The second-order valence-corrected chi connectivity index (χ2v) is 5.85. The molecule has 1 atom stereocenters. The van der Waals surface area contributed by atoms with Gasteiger partial charge in [-0.15, -0.1) is 0 Å². The van der Waals surface area contributed by atoms with Crippen molar-refractivity contribution in [2.24, 2.45) is 5.73 Å². The minimum absolute atomic E-state index is 0.222. The maximum absolute atomic E-state index is 13.5. The number of rotatable bonds is 2. The molecule has 3 rings (SSSR count). The quantitative estimate of drug-likeness (QED) is 0.852. The van der Waals surface area contributed by atoms with Crippen LogP contribution in [-0.2, 0) is 6.42 Å². The van der Waals surface area contributed by atoms with Crippen LogP contribution in [0, 0.1) is 5.82 Å². The van der Waals surface area contributed by atoms with Crippen molar-refractivity contribution in [3.8, 4) is 0 Å². The highest BCUT2D eigenvalue weighted by Crippen LogP contribution is 2.38. The number of para-hydroxylation sites is 1. The van der Waals surface area contributed by atoms with E-state index < -0.39 is 0 Å². The summed E-state index contributed by atoms with van der Waals surface area (Å²) in [5, 5.41) is 0. The van der Waals surface area contributed by atoms with E-state index in [4.69, 9.17) is 18.0 Å². The topological polar surface area (TPSA) is 29.3 Å². The first kappa shape index (κ1) is 14.0. The minimum atomic E-state index is -0.320. The van der Waals surface area contributed by atoms with Crippen molar-refractivity contribution in [3.05, 3.63) is 59.4 Å². The lowest BCUT2D eigenvalue weighted by Crippen LogP contribution is -2.34. The van der Waals surface area contributed by atoms with E-state index in [0.717, 1.165) is 24.2 Å². The molecule has 2 N–H and O–H groups in total. The molecule has 0 spiro atoms. The van der Waals surface area contributed by atoms with Crippen molar-refractivity contribution in [1.29, 1.82) is 0 Å². The number of hydrogen-bond donors (Lipinski definition) is 1. The van der Waals surface area contributed by atoms with Crippen LogP contribution in [0.2, 0.25) is 0 Å². The first-order valence-electron chi connectivity index (χ1n) is 7.04. The fraction of sp³-hybridized carbons (Fsp3) is 0.235. The third kappa shape index (κ3) is 2.51. The number of fused-ring (bicyclic) bond motifs is 1. The van der Waals surface area contributed by atoms with E-state index in [1.165, 1.54) is 17.7 Å². The molecule has 1 aliphatic heterocycles. The van der Waals surface area contributed by atoms with Gasteiger partial charge in [0.05, 0.1) is 5.69 Å². The van der Waals surface area contributed by atoms with Crippen molar-refractivity contribution in [3.63, 3.8) is 0 Å². The van der Waals surface area contributed by atoms with Gasteiger partial charge in [-0.2, -0.15) is 0 Å². The Labute approximate surface area is 129 Å². The smallest absolute Gasteiger partial charge is 0.124 e. The first-order valence-corrected chi connectivity index (χ1v) is 7.45. The maximum Gasteiger partial charge on any atom is 0.124 e. The molecule has 1 heterocycles. The highest BCUT2D eigenvalue weighted by molar-refractivity contribution is 7.80. The van der Waals surface area contributed by atoms with Crippen molar-refractivity contribution >= 4 is 28.6 Å². The number of anilines is 2. The van der Waals surface area contributed by atoms with Crippen LogP contribution in [0.15, 0.2) is 42.5 Å². The van der Waals surface area contributed by atoms with E-state index >= 15 is 0 Å². The molecule has 1 aliphatic rings. The van der Waals surface area contributed by atoms with Gasteiger partial charge in [0, 0.05) is 17.3 Å². The van der Waals surface area contributed by atoms with Crippen LogP contribution in [-0.4, -0.2) is 11.0 Å². The Morgan fingerprint density at radius 2 is 2.00 bits per heavy atom. The molecule has 0 aromatic heterocycles. The Bertz CT molecular complexity index is 699. The van der Waals surface area contributed by atoms with Crippen LogP contribution in [0.4, 0.5) is 15.8 Å². The van der Waals surface area contributed by atoms with Crippen molar-refractivity contribution < 1.29 is 4.39 Å². The molecule has 0 bridgehead atoms. The van der Waals surface area contributed by atoms with Gasteiger partial charge in [0.2, 0.25) is 0 Å². The van der Waals surface area contributed by atoms with Gasteiger partial charge in [0.25, 0.3) is 0 Å². The first-order chi connectivity index (χ1) is 10.1. The van der Waals surface area contributed by atoms with Crippen LogP contribution in [0.1, 0.15) is 24.5 Å². The zero-order valence-electron chi connectivity index (χ0n) is 11.8. The number of nitrogens with zero attached hydrogens (tertiary/aromatic N) is 1. The molecular formula is C17H17FN2S. The number of nitrogens with two attached hydrogens (primary N) is 1. The molecule has 2 aromatic carbocycles. The zero-order chi connectivity index (χ0) is 15.0. The largest absolute Gasteiger partial charge is 0.389 e. The third-order valence-electron chi connectivity index (χ3n) is 4.01. The Morgan fingerprint density at radius 3 is 2.76 bits per heavy atom. The minimum Gasteiger partial charge on any atom is -0.389 e. The summed E-state index contributed by atoms with van der Waals surface area (Å²) >= 11 is 5.10. The predicted molar refractivity (Wildman–Crippen MR) is 88.7 cm³/mol. The fourth-order valence-corrected chi connectivity index (χ4v) is 3.13. The zero-order valence-corrected chi connectivity index (χ0v) is 12.7. The molecule has 0 fully saturated rings. The molecule has 1 unspecified atom stereocenters. The standard InChI is InChI=1S/C17H17FN2S/c1-11-6-7-12-4-2-3-5-15(12)20(11)16-9-8-13(18)10-14(16)17(19)21/h2-5,8-11H,6-7H2,1H3,(H2,19,21). The number of halogens is 1. The van der Waals surface area contributed by atoms with Crippen LogP contribution < -0.4 is 10.6 Å². The summed E-state index contributed by atoms with van der Waals surface area (Å²) in [6.45, 7) is 2.17. The summed E-state index contributed by atoms with van der Waals surface area (Å²) in [5.74, 6) is -0.320. The molecule has 0 saturated heterocycles. The molecule has 108 valence electrons. The SMILES string of the molecule is CC1CCc2ccccc2N1c1ccc(F)cc1C(N)=S. The Kier molecular flexibility index (Phi) is 3.64. The normalized spacial score (nSPS) is 17.4. The lowest BCUT2D eigenvalue weighted by molar-refractivity contribution is 0.612. The average Bonchev–Trinajstić information content (AvgIpc) is 2.47. The monoisotopic (exact) mass is 300 g/mol. The molecule has 2 aromatic rings. The molecule has 0 saturated carbocycles. The Balaban J connectivity index is 2.18. The molecule has 2 nitrogen and oxygen atoms in total. The molecular weight excluding hydrogens is 283 g/mol. The van der Waals surface area contributed by atoms with Crippen molar-refractivity contribution in [2.45, 2.75) is 25.8 Å². The predicted octanol–water partition coefficient (Wildman–Crippen LogP) is 3.93. The fourth-order valence-electron chi connectivity index (χ4n) is 2.97. The lowest BCUT2D eigenvalue weighted by atomic mass is 9.95. The van der Waals surface area contributed by atoms with Gasteiger partial charge >= 0.3 is 0 Å². The molecule has 21 heavy (non-hydrogen) atoms. The second kappa shape index (κ2) is 5.45. The Morgan fingerprint density at radius 1 is 1.24 bits per heavy atom. The van der Waals surface area contributed by atoms with Gasteiger partial charge in [0.1, 0.15) is 10.8 Å². The number of aryl methyl sites for hydroxylation is 1. The summed E-state index contributed by atoms with van der Waals surface area (Å²) < 4.78 is 13.5. The van der Waals surface area contributed by atoms with E-state index in [9.17, 15) is 4.39 Å².